The summed E-state index contributed by atoms with van der Waals surface area (Å²) in [5.41, 5.74) is 2.04. The van der Waals surface area contributed by atoms with Gasteiger partial charge in [-0.25, -0.2) is 14.1 Å². The maximum atomic E-state index is 12.6. The van der Waals surface area contributed by atoms with Crippen molar-refractivity contribution < 1.29 is 9.53 Å². The molecule has 1 saturated carbocycles. The predicted molar refractivity (Wildman–Crippen MR) is 132 cm³/mol. The van der Waals surface area contributed by atoms with Crippen LogP contribution in [0.4, 0.5) is 4.79 Å². The molecular weight excluding hydrogens is 446 g/mol. The maximum absolute atomic E-state index is 12.6. The Balaban J connectivity index is 1.35. The number of ether oxygens (including phenoxy) is 1. The molecule has 2 aliphatic rings. The van der Waals surface area contributed by atoms with Gasteiger partial charge in [0, 0.05) is 30.5 Å². The Kier molecular flexibility index (Phi) is 5.81. The lowest BCUT2D eigenvalue weighted by molar-refractivity contribution is 0.00719. The van der Waals surface area contributed by atoms with E-state index in [9.17, 15) is 14.4 Å². The molecule has 186 valence electrons. The van der Waals surface area contributed by atoms with Crippen LogP contribution < -0.4 is 11.2 Å². The van der Waals surface area contributed by atoms with E-state index < -0.39 is 11.3 Å². The Morgan fingerprint density at radius 1 is 1.23 bits per heavy atom. The highest BCUT2D eigenvalue weighted by Crippen LogP contribution is 2.38. The van der Waals surface area contributed by atoms with Crippen LogP contribution in [-0.4, -0.2) is 48.3 Å². The summed E-state index contributed by atoms with van der Waals surface area (Å²) in [5.74, 6) is 0.673. The van der Waals surface area contributed by atoms with Crippen molar-refractivity contribution in [1.82, 2.24) is 24.1 Å². The van der Waals surface area contributed by atoms with E-state index in [0.717, 1.165) is 43.2 Å². The lowest BCUT2D eigenvalue weighted by atomic mass is 9.87. The van der Waals surface area contributed by atoms with Gasteiger partial charge >= 0.3 is 11.8 Å². The zero-order chi connectivity index (χ0) is 24.9. The molecule has 0 aromatic carbocycles. The van der Waals surface area contributed by atoms with Crippen molar-refractivity contribution in [2.75, 3.05) is 6.54 Å². The highest BCUT2D eigenvalue weighted by Gasteiger charge is 2.32. The van der Waals surface area contributed by atoms with Crippen LogP contribution in [0.1, 0.15) is 70.4 Å². The van der Waals surface area contributed by atoms with Gasteiger partial charge in [-0.05, 0) is 89.3 Å². The summed E-state index contributed by atoms with van der Waals surface area (Å²) in [5, 5.41) is 4.41. The van der Waals surface area contributed by atoms with E-state index in [1.165, 1.54) is 4.57 Å². The fourth-order valence-corrected chi connectivity index (χ4v) is 5.05. The lowest BCUT2D eigenvalue weighted by Gasteiger charge is -2.38. The van der Waals surface area contributed by atoms with E-state index in [0.29, 0.717) is 23.7 Å². The Hall–Kier alpha value is -3.36. The standard InChI is InChI=1S/C26H33N5O4/c1-16-11-17(7-9-29(16)25(34)35-26(2,3)4)12-18-8-10-31-21(13-18)22(14-27-31)30-15-20(19-5-6-19)23(32)28-24(30)33/h8,10,13-17,19H,5-7,9,11-12H2,1-4H3,(H,28,32,33)/t16-,17+/m0/s1. The van der Waals surface area contributed by atoms with Gasteiger partial charge in [0.05, 0.1) is 17.4 Å². The van der Waals surface area contributed by atoms with Crippen molar-refractivity contribution in [3.8, 4) is 5.69 Å². The first kappa shape index (κ1) is 23.4. The van der Waals surface area contributed by atoms with Crippen molar-refractivity contribution >= 4 is 11.6 Å². The van der Waals surface area contributed by atoms with E-state index in [-0.39, 0.29) is 23.6 Å². The minimum atomic E-state index is -0.501. The minimum Gasteiger partial charge on any atom is -0.444 e. The Labute approximate surface area is 203 Å². The molecule has 3 aromatic rings. The zero-order valence-electron chi connectivity index (χ0n) is 20.8. The molecule has 0 spiro atoms. The van der Waals surface area contributed by atoms with Gasteiger partial charge in [-0.15, -0.1) is 0 Å². The normalized spacial score (nSPS) is 20.9. The molecule has 1 aliphatic heterocycles. The van der Waals surface area contributed by atoms with Gasteiger partial charge in [0.1, 0.15) is 5.60 Å². The monoisotopic (exact) mass is 479 g/mol. The maximum Gasteiger partial charge on any atom is 0.410 e. The van der Waals surface area contributed by atoms with Crippen LogP contribution in [0, 0.1) is 5.92 Å². The highest BCUT2D eigenvalue weighted by molar-refractivity contribution is 5.68. The summed E-state index contributed by atoms with van der Waals surface area (Å²) >= 11 is 0. The summed E-state index contributed by atoms with van der Waals surface area (Å²) in [6.07, 6.45) is 9.65. The van der Waals surface area contributed by atoms with Gasteiger partial charge in [0.25, 0.3) is 5.56 Å². The molecule has 1 amide bonds. The molecule has 0 unspecified atom stereocenters. The summed E-state index contributed by atoms with van der Waals surface area (Å²) in [6.45, 7) is 8.41. The number of carbonyl (C=O) groups is 1. The number of fused-ring (bicyclic) bond motifs is 1. The van der Waals surface area contributed by atoms with Crippen LogP contribution >= 0.6 is 0 Å². The van der Waals surface area contributed by atoms with Gasteiger partial charge < -0.3 is 9.64 Å². The number of hydrogen-bond acceptors (Lipinski definition) is 5. The molecule has 1 saturated heterocycles. The Morgan fingerprint density at radius 2 is 2.00 bits per heavy atom. The molecular formula is C26H33N5O4. The second kappa shape index (κ2) is 8.70. The largest absolute Gasteiger partial charge is 0.444 e. The quantitative estimate of drug-likeness (QED) is 0.616. The van der Waals surface area contributed by atoms with Crippen LogP contribution in [-0.2, 0) is 11.2 Å². The topological polar surface area (TPSA) is 102 Å². The van der Waals surface area contributed by atoms with Crippen LogP contribution in [0.3, 0.4) is 0 Å². The van der Waals surface area contributed by atoms with E-state index in [2.05, 4.69) is 29.1 Å². The molecule has 35 heavy (non-hydrogen) atoms. The van der Waals surface area contributed by atoms with E-state index in [1.54, 1.807) is 16.9 Å². The van der Waals surface area contributed by atoms with E-state index in [1.807, 2.05) is 31.9 Å². The number of nitrogens with zero attached hydrogens (tertiary/aromatic N) is 4. The number of pyridine rings is 1. The second-order valence-electron chi connectivity index (χ2n) is 11.0. The number of carbonyl (C=O) groups excluding carboxylic acids is 1. The molecule has 5 rings (SSSR count). The summed E-state index contributed by atoms with van der Waals surface area (Å²) < 4.78 is 8.82. The summed E-state index contributed by atoms with van der Waals surface area (Å²) in [4.78, 5) is 41.7. The lowest BCUT2D eigenvalue weighted by Crippen LogP contribution is -2.47. The molecule has 9 nitrogen and oxygen atoms in total. The molecule has 0 bridgehead atoms. The first-order valence-corrected chi connectivity index (χ1v) is 12.4. The van der Waals surface area contributed by atoms with Gasteiger partial charge in [0.15, 0.2) is 0 Å². The SMILES string of the molecule is C[C@H]1C[C@H](Cc2ccn3ncc(-n4cc(C5CC5)c(=O)[nH]c4=O)c3c2)CCN1C(=O)OC(C)(C)C. The fraction of sp³-hybridized carbons (Fsp3) is 0.538. The Morgan fingerprint density at radius 3 is 2.69 bits per heavy atom. The molecule has 9 heteroatoms. The average Bonchev–Trinajstić information content (AvgIpc) is 3.52. The van der Waals surface area contributed by atoms with Crippen LogP contribution in [0.15, 0.2) is 40.3 Å². The van der Waals surface area contributed by atoms with Gasteiger partial charge in [-0.1, -0.05) is 0 Å². The molecule has 0 radical (unpaired) electrons. The van der Waals surface area contributed by atoms with Crippen LogP contribution in [0.25, 0.3) is 11.2 Å². The Bertz CT molecular complexity index is 1370. The first-order valence-electron chi connectivity index (χ1n) is 12.4. The number of aromatic amines is 1. The number of likely N-dealkylation sites (tertiary alicyclic amines) is 1. The minimum absolute atomic E-state index is 0.110. The van der Waals surface area contributed by atoms with Crippen molar-refractivity contribution in [3.63, 3.8) is 0 Å². The van der Waals surface area contributed by atoms with Crippen LogP contribution in [0.5, 0.6) is 0 Å². The smallest absolute Gasteiger partial charge is 0.410 e. The van der Waals surface area contributed by atoms with Crippen molar-refractivity contribution in [2.24, 2.45) is 5.92 Å². The number of nitrogens with one attached hydrogen (secondary N) is 1. The van der Waals surface area contributed by atoms with E-state index in [4.69, 9.17) is 4.74 Å². The highest BCUT2D eigenvalue weighted by atomic mass is 16.6. The third-order valence-electron chi connectivity index (χ3n) is 6.95. The molecule has 1 N–H and O–H groups in total. The fourth-order valence-electron chi connectivity index (χ4n) is 5.05. The molecule has 2 fully saturated rings. The first-order chi connectivity index (χ1) is 16.6. The zero-order valence-corrected chi connectivity index (χ0v) is 20.8. The number of aromatic nitrogens is 4. The number of rotatable bonds is 4. The number of amides is 1. The molecule has 1 aliphatic carbocycles. The third-order valence-corrected chi connectivity index (χ3v) is 6.95. The van der Waals surface area contributed by atoms with Gasteiger partial charge in [0.2, 0.25) is 0 Å². The molecule has 4 heterocycles. The third kappa shape index (κ3) is 4.90. The van der Waals surface area contributed by atoms with Crippen molar-refractivity contribution in [3.05, 3.63) is 62.7 Å². The second-order valence-corrected chi connectivity index (χ2v) is 11.0. The van der Waals surface area contributed by atoms with E-state index >= 15 is 0 Å². The summed E-state index contributed by atoms with van der Waals surface area (Å²) in [6, 6.07) is 4.24. The number of hydrogen-bond donors (Lipinski definition) is 1. The van der Waals surface area contributed by atoms with Crippen LogP contribution in [0.2, 0.25) is 0 Å². The van der Waals surface area contributed by atoms with Gasteiger partial charge in [-0.3, -0.25) is 14.3 Å². The van der Waals surface area contributed by atoms with Crippen molar-refractivity contribution in [2.45, 2.75) is 77.4 Å². The molecule has 3 aromatic heterocycles. The van der Waals surface area contributed by atoms with Gasteiger partial charge in [-0.2, -0.15) is 5.10 Å². The van der Waals surface area contributed by atoms with Crippen molar-refractivity contribution in [1.29, 1.82) is 0 Å². The number of piperidine rings is 1. The average molecular weight is 480 g/mol. The molecule has 2 atom stereocenters. The summed E-state index contributed by atoms with van der Waals surface area (Å²) in [7, 11) is 0. The predicted octanol–water partition coefficient (Wildman–Crippen LogP) is 3.63. The number of H-pyrrole nitrogens is 1.